The highest BCUT2D eigenvalue weighted by atomic mass is 79.9. The summed E-state index contributed by atoms with van der Waals surface area (Å²) >= 11 is 4.39. The zero-order valence-electron chi connectivity index (χ0n) is 9.68. The molecule has 0 aromatic heterocycles. The lowest BCUT2D eigenvalue weighted by molar-refractivity contribution is -0.109. The van der Waals surface area contributed by atoms with Gasteiger partial charge in [-0.25, -0.2) is 0 Å². The maximum absolute atomic E-state index is 10.8. The molecule has 17 heavy (non-hydrogen) atoms. The molecule has 5 heteroatoms. The molecule has 0 saturated carbocycles. The Balaban J connectivity index is 2.77. The molecule has 2 N–H and O–H groups in total. The van der Waals surface area contributed by atoms with Crippen LogP contribution in [-0.2, 0) is 4.79 Å². The van der Waals surface area contributed by atoms with E-state index in [1.165, 1.54) is 6.92 Å². The molecule has 1 aromatic rings. The van der Waals surface area contributed by atoms with Crippen molar-refractivity contribution in [1.82, 2.24) is 0 Å². The number of carbonyl (C=O) groups excluding carboxylic acids is 1. The van der Waals surface area contributed by atoms with Crippen LogP contribution < -0.4 is 0 Å². The predicted octanol–water partition coefficient (Wildman–Crippen LogP) is 2.43. The summed E-state index contributed by atoms with van der Waals surface area (Å²) in [7, 11) is 0. The smallest absolute Gasteiger partial charge is 0.185 e. The minimum atomic E-state index is -0.973. The molecule has 0 bridgehead atoms. The molecule has 0 fully saturated rings. The third-order valence-corrected chi connectivity index (χ3v) is 4.22. The summed E-state index contributed by atoms with van der Waals surface area (Å²) in [5, 5.41) is 19.7. The number of thioether (sulfide) groups is 1. The fourth-order valence-electron chi connectivity index (χ4n) is 1.45. The zero-order chi connectivity index (χ0) is 13.0. The number of halogens is 1. The van der Waals surface area contributed by atoms with Crippen LogP contribution in [0, 0.1) is 6.92 Å². The van der Waals surface area contributed by atoms with Crippen LogP contribution in [0.1, 0.15) is 24.2 Å². The zero-order valence-corrected chi connectivity index (χ0v) is 12.1. The second-order valence-electron chi connectivity index (χ2n) is 3.77. The molecule has 0 heterocycles. The molecule has 0 radical (unpaired) electrons. The number of hydrogen-bond donors (Lipinski definition) is 2. The van der Waals surface area contributed by atoms with Gasteiger partial charge in [0, 0.05) is 17.1 Å². The molecule has 0 saturated heterocycles. The van der Waals surface area contributed by atoms with Gasteiger partial charge in [-0.3, -0.25) is 4.79 Å². The highest BCUT2D eigenvalue weighted by Gasteiger charge is 2.21. The number of carbonyl (C=O) groups is 1. The SMILES string of the molecule is CC(=O)SCC(O)C(O)c1cccc(Br)c1C. The predicted molar refractivity (Wildman–Crippen MR) is 73.0 cm³/mol. The lowest BCUT2D eigenvalue weighted by Crippen LogP contribution is -2.22. The fourth-order valence-corrected chi connectivity index (χ4v) is 2.42. The Morgan fingerprint density at radius 1 is 1.47 bits per heavy atom. The van der Waals surface area contributed by atoms with Crippen molar-refractivity contribution in [2.24, 2.45) is 0 Å². The summed E-state index contributed by atoms with van der Waals surface area (Å²) in [4.78, 5) is 10.8. The Morgan fingerprint density at radius 3 is 2.71 bits per heavy atom. The third kappa shape index (κ3) is 4.10. The van der Waals surface area contributed by atoms with Crippen LogP contribution in [0.5, 0.6) is 0 Å². The molecule has 2 unspecified atom stereocenters. The van der Waals surface area contributed by atoms with Crippen molar-refractivity contribution < 1.29 is 15.0 Å². The van der Waals surface area contributed by atoms with Crippen LogP contribution >= 0.6 is 27.7 Å². The topological polar surface area (TPSA) is 57.5 Å². The Kier molecular flexibility index (Phi) is 5.66. The van der Waals surface area contributed by atoms with E-state index < -0.39 is 12.2 Å². The fraction of sp³-hybridized carbons (Fsp3) is 0.417. The summed E-state index contributed by atoms with van der Waals surface area (Å²) in [6, 6.07) is 5.45. The quantitative estimate of drug-likeness (QED) is 0.895. The van der Waals surface area contributed by atoms with Crippen molar-refractivity contribution in [3.05, 3.63) is 33.8 Å². The van der Waals surface area contributed by atoms with Gasteiger partial charge in [0.2, 0.25) is 0 Å². The van der Waals surface area contributed by atoms with Gasteiger partial charge in [-0.2, -0.15) is 0 Å². The van der Waals surface area contributed by atoms with E-state index in [0.29, 0.717) is 5.56 Å². The van der Waals surface area contributed by atoms with E-state index >= 15 is 0 Å². The minimum Gasteiger partial charge on any atom is -0.389 e. The second kappa shape index (κ2) is 6.54. The average molecular weight is 319 g/mol. The van der Waals surface area contributed by atoms with Crippen molar-refractivity contribution in [2.75, 3.05) is 5.75 Å². The van der Waals surface area contributed by atoms with Gasteiger partial charge in [0.25, 0.3) is 0 Å². The monoisotopic (exact) mass is 318 g/mol. The van der Waals surface area contributed by atoms with E-state index in [2.05, 4.69) is 15.9 Å². The summed E-state index contributed by atoms with van der Waals surface area (Å²) in [6.45, 7) is 3.31. The van der Waals surface area contributed by atoms with Gasteiger partial charge >= 0.3 is 0 Å². The summed E-state index contributed by atoms with van der Waals surface area (Å²) in [6.07, 6.45) is -1.92. The van der Waals surface area contributed by atoms with Gasteiger partial charge in [-0.1, -0.05) is 39.8 Å². The van der Waals surface area contributed by atoms with Gasteiger partial charge < -0.3 is 10.2 Å². The highest BCUT2D eigenvalue weighted by Crippen LogP contribution is 2.27. The van der Waals surface area contributed by atoms with Crippen LogP contribution in [0.25, 0.3) is 0 Å². The Hall–Kier alpha value is -0.360. The first-order valence-electron chi connectivity index (χ1n) is 5.18. The number of aliphatic hydroxyl groups excluding tert-OH is 2. The van der Waals surface area contributed by atoms with E-state index in [1.807, 2.05) is 13.0 Å². The largest absolute Gasteiger partial charge is 0.389 e. The summed E-state index contributed by atoms with van der Waals surface area (Å²) in [5.74, 6) is 0.197. The molecule has 1 aromatic carbocycles. The van der Waals surface area contributed by atoms with Crippen LogP contribution in [-0.4, -0.2) is 27.2 Å². The average Bonchev–Trinajstić information content (AvgIpc) is 2.28. The van der Waals surface area contributed by atoms with Crippen molar-refractivity contribution in [1.29, 1.82) is 0 Å². The molecule has 0 aliphatic rings. The number of benzene rings is 1. The number of hydrogen-bond acceptors (Lipinski definition) is 4. The van der Waals surface area contributed by atoms with E-state index in [0.717, 1.165) is 21.8 Å². The van der Waals surface area contributed by atoms with Crippen molar-refractivity contribution >= 4 is 32.8 Å². The standard InChI is InChI=1S/C12H15BrO3S/c1-7-9(4-3-5-10(7)13)12(16)11(15)6-17-8(2)14/h3-5,11-12,15-16H,6H2,1-2H3. The molecule has 0 aliphatic carbocycles. The molecule has 2 atom stereocenters. The molecule has 1 rings (SSSR count). The minimum absolute atomic E-state index is 0.0674. The summed E-state index contributed by atoms with van der Waals surface area (Å²) < 4.78 is 0.889. The van der Waals surface area contributed by atoms with Gasteiger partial charge in [-0.15, -0.1) is 0 Å². The van der Waals surface area contributed by atoms with Crippen LogP contribution in [0.3, 0.4) is 0 Å². The lowest BCUT2D eigenvalue weighted by Gasteiger charge is -2.19. The molecular weight excluding hydrogens is 304 g/mol. The molecule has 0 spiro atoms. The highest BCUT2D eigenvalue weighted by molar-refractivity contribution is 9.10. The van der Waals surface area contributed by atoms with Crippen molar-refractivity contribution in [3.8, 4) is 0 Å². The van der Waals surface area contributed by atoms with E-state index in [9.17, 15) is 15.0 Å². The van der Waals surface area contributed by atoms with E-state index in [4.69, 9.17) is 0 Å². The first kappa shape index (κ1) is 14.7. The van der Waals surface area contributed by atoms with Crippen LogP contribution in [0.2, 0.25) is 0 Å². The Morgan fingerprint density at radius 2 is 2.12 bits per heavy atom. The summed E-state index contributed by atoms with van der Waals surface area (Å²) in [5.41, 5.74) is 1.57. The van der Waals surface area contributed by atoms with Crippen molar-refractivity contribution in [2.45, 2.75) is 26.1 Å². The second-order valence-corrected chi connectivity index (χ2v) is 5.82. The number of aliphatic hydroxyl groups is 2. The van der Waals surface area contributed by atoms with E-state index in [1.54, 1.807) is 12.1 Å². The van der Waals surface area contributed by atoms with E-state index in [-0.39, 0.29) is 10.9 Å². The molecular formula is C12H15BrO3S. The number of rotatable bonds is 4. The maximum Gasteiger partial charge on any atom is 0.185 e. The lowest BCUT2D eigenvalue weighted by atomic mass is 10.0. The van der Waals surface area contributed by atoms with Gasteiger partial charge in [0.1, 0.15) is 6.10 Å². The van der Waals surface area contributed by atoms with Gasteiger partial charge in [0.05, 0.1) is 6.10 Å². The first-order valence-corrected chi connectivity index (χ1v) is 6.96. The van der Waals surface area contributed by atoms with Crippen molar-refractivity contribution in [3.63, 3.8) is 0 Å². The Labute approximate surface area is 113 Å². The first-order chi connectivity index (χ1) is 7.93. The normalized spacial score (nSPS) is 14.4. The molecule has 0 aliphatic heterocycles. The molecule has 94 valence electrons. The third-order valence-electron chi connectivity index (χ3n) is 2.45. The van der Waals surface area contributed by atoms with Gasteiger partial charge in [-0.05, 0) is 24.1 Å². The maximum atomic E-state index is 10.8. The molecule has 3 nitrogen and oxygen atoms in total. The van der Waals surface area contributed by atoms with Crippen LogP contribution in [0.15, 0.2) is 22.7 Å². The van der Waals surface area contributed by atoms with Crippen LogP contribution in [0.4, 0.5) is 0 Å². The van der Waals surface area contributed by atoms with Gasteiger partial charge in [0.15, 0.2) is 5.12 Å². The Bertz CT molecular complexity index is 409. The molecule has 0 amide bonds.